The first-order valence-corrected chi connectivity index (χ1v) is 9.95. The molecule has 0 saturated carbocycles. The number of pyridine rings is 1. The van der Waals surface area contributed by atoms with Gasteiger partial charge in [-0.05, 0) is 41.8 Å². The third-order valence-corrected chi connectivity index (χ3v) is 5.72. The predicted molar refractivity (Wildman–Crippen MR) is 94.7 cm³/mol. The van der Waals surface area contributed by atoms with Crippen LogP contribution in [0, 0.1) is 0 Å². The van der Waals surface area contributed by atoms with Gasteiger partial charge in [-0.2, -0.15) is 4.31 Å². The Morgan fingerprint density at radius 1 is 1.39 bits per heavy atom. The lowest BCUT2D eigenvalue weighted by molar-refractivity contribution is 0.328. The van der Waals surface area contributed by atoms with Crippen LogP contribution in [0.25, 0.3) is 0 Å². The smallest absolute Gasteiger partial charge is 0.211 e. The van der Waals surface area contributed by atoms with Crippen LogP contribution in [0.1, 0.15) is 11.1 Å². The van der Waals surface area contributed by atoms with E-state index in [9.17, 15) is 8.42 Å². The van der Waals surface area contributed by atoms with Crippen LogP contribution in [0.15, 0.2) is 47.2 Å². The molecule has 0 radical (unpaired) electrons. The molecule has 1 atom stereocenters. The van der Waals surface area contributed by atoms with Gasteiger partial charge in [-0.3, -0.25) is 4.98 Å². The number of hydrogen-bond acceptors (Lipinski definition) is 4. The largest absolute Gasteiger partial charge is 0.383 e. The molecule has 0 saturated heterocycles. The molecule has 7 heteroatoms. The Kier molecular flexibility index (Phi) is 4.70. The van der Waals surface area contributed by atoms with Crippen molar-refractivity contribution in [1.82, 2.24) is 9.29 Å². The maximum absolute atomic E-state index is 12.3. The average Bonchev–Trinajstić information content (AvgIpc) is 2.68. The molecule has 122 valence electrons. The van der Waals surface area contributed by atoms with Crippen LogP contribution in [0.5, 0.6) is 0 Å². The zero-order valence-electron chi connectivity index (χ0n) is 12.7. The molecule has 0 fully saturated rings. The molecule has 1 unspecified atom stereocenters. The number of nitrogens with one attached hydrogen (secondary N) is 1. The summed E-state index contributed by atoms with van der Waals surface area (Å²) in [6.45, 7) is 0.933. The topological polar surface area (TPSA) is 62.3 Å². The Labute approximate surface area is 144 Å². The molecule has 0 aliphatic carbocycles. The van der Waals surface area contributed by atoms with Gasteiger partial charge in [-0.1, -0.05) is 22.0 Å². The number of rotatable bonds is 3. The Bertz CT molecular complexity index is 796. The van der Waals surface area contributed by atoms with Crippen molar-refractivity contribution < 1.29 is 8.42 Å². The highest BCUT2D eigenvalue weighted by Gasteiger charge is 2.30. The number of sulfonamides is 1. The van der Waals surface area contributed by atoms with E-state index in [4.69, 9.17) is 0 Å². The molecule has 2 aromatic rings. The van der Waals surface area contributed by atoms with Gasteiger partial charge in [0.05, 0.1) is 6.26 Å². The quantitative estimate of drug-likeness (QED) is 0.867. The average molecular weight is 396 g/mol. The molecule has 0 amide bonds. The summed E-state index contributed by atoms with van der Waals surface area (Å²) >= 11 is 3.45. The van der Waals surface area contributed by atoms with Crippen molar-refractivity contribution in [2.45, 2.75) is 19.0 Å². The van der Waals surface area contributed by atoms with Crippen molar-refractivity contribution in [2.24, 2.45) is 0 Å². The highest BCUT2D eigenvalue weighted by atomic mass is 79.9. The molecular formula is C16H18BrN3O2S. The zero-order valence-corrected chi connectivity index (χ0v) is 15.1. The second-order valence-corrected chi connectivity index (χ2v) is 8.56. The minimum Gasteiger partial charge on any atom is -0.383 e. The van der Waals surface area contributed by atoms with E-state index in [-0.39, 0.29) is 6.04 Å². The molecule has 1 aliphatic rings. The molecule has 1 aliphatic heterocycles. The highest BCUT2D eigenvalue weighted by Crippen LogP contribution is 2.28. The van der Waals surface area contributed by atoms with Gasteiger partial charge in [0.1, 0.15) is 0 Å². The van der Waals surface area contributed by atoms with Gasteiger partial charge < -0.3 is 5.32 Å². The molecule has 1 aromatic carbocycles. The number of fused-ring (bicyclic) bond motifs is 1. The third-order valence-electron chi connectivity index (χ3n) is 3.95. The van der Waals surface area contributed by atoms with E-state index in [1.165, 1.54) is 6.26 Å². The van der Waals surface area contributed by atoms with Gasteiger partial charge in [0, 0.05) is 41.7 Å². The van der Waals surface area contributed by atoms with E-state index in [0.29, 0.717) is 19.5 Å². The van der Waals surface area contributed by atoms with Crippen molar-refractivity contribution in [3.05, 3.63) is 58.3 Å². The summed E-state index contributed by atoms with van der Waals surface area (Å²) in [5, 5.41) is 3.38. The molecule has 0 spiro atoms. The number of halogens is 1. The summed E-state index contributed by atoms with van der Waals surface area (Å²) < 4.78 is 27.1. The molecule has 3 rings (SSSR count). The van der Waals surface area contributed by atoms with Crippen molar-refractivity contribution in [2.75, 3.05) is 18.1 Å². The molecule has 23 heavy (non-hydrogen) atoms. The lowest BCUT2D eigenvalue weighted by Crippen LogP contribution is -2.42. The van der Waals surface area contributed by atoms with E-state index < -0.39 is 10.0 Å². The van der Waals surface area contributed by atoms with Gasteiger partial charge in [-0.15, -0.1) is 0 Å². The van der Waals surface area contributed by atoms with Crippen molar-refractivity contribution >= 4 is 31.6 Å². The number of benzene rings is 1. The number of hydrogen-bond donors (Lipinski definition) is 1. The fraction of sp³-hybridized carbons (Fsp3) is 0.312. The van der Waals surface area contributed by atoms with Gasteiger partial charge in [0.2, 0.25) is 10.0 Å². The first-order valence-electron chi connectivity index (χ1n) is 7.31. The molecule has 5 nitrogen and oxygen atoms in total. The zero-order chi connectivity index (χ0) is 16.4. The van der Waals surface area contributed by atoms with Crippen LogP contribution in [-0.2, 0) is 23.0 Å². The molecule has 2 heterocycles. The SMILES string of the molecule is CS(=O)(=O)N1Cc2cc(Br)ccc2NCC1Cc1cccnc1. The van der Waals surface area contributed by atoms with Crippen LogP contribution >= 0.6 is 15.9 Å². The second-order valence-electron chi connectivity index (χ2n) is 5.71. The number of aromatic nitrogens is 1. The van der Waals surface area contributed by atoms with Gasteiger partial charge in [0.15, 0.2) is 0 Å². The summed E-state index contributed by atoms with van der Waals surface area (Å²) in [5.41, 5.74) is 2.98. The Morgan fingerprint density at radius 3 is 2.91 bits per heavy atom. The fourth-order valence-corrected chi connectivity index (χ4v) is 4.32. The van der Waals surface area contributed by atoms with Crippen LogP contribution < -0.4 is 5.32 Å². The van der Waals surface area contributed by atoms with Crippen LogP contribution in [0.3, 0.4) is 0 Å². The van der Waals surface area contributed by atoms with Crippen LogP contribution in [-0.4, -0.2) is 36.5 Å². The number of anilines is 1. The lowest BCUT2D eigenvalue weighted by atomic mass is 10.1. The number of nitrogens with zero attached hydrogens (tertiary/aromatic N) is 2. The van der Waals surface area contributed by atoms with Crippen molar-refractivity contribution in [3.63, 3.8) is 0 Å². The fourth-order valence-electron chi connectivity index (χ4n) is 2.85. The first-order chi connectivity index (χ1) is 10.9. The molecular weight excluding hydrogens is 378 g/mol. The Hall–Kier alpha value is -1.44. The Morgan fingerprint density at radius 2 is 2.22 bits per heavy atom. The van der Waals surface area contributed by atoms with Gasteiger partial charge in [0.25, 0.3) is 0 Å². The summed E-state index contributed by atoms with van der Waals surface area (Å²) in [6, 6.07) is 9.59. The van der Waals surface area contributed by atoms with Crippen LogP contribution in [0.2, 0.25) is 0 Å². The normalized spacial score (nSPS) is 18.8. The predicted octanol–water partition coefficient (Wildman–Crippen LogP) is 2.64. The molecule has 0 bridgehead atoms. The Balaban J connectivity index is 1.93. The van der Waals surface area contributed by atoms with Gasteiger partial charge >= 0.3 is 0 Å². The summed E-state index contributed by atoms with van der Waals surface area (Å²) in [4.78, 5) is 4.12. The highest BCUT2D eigenvalue weighted by molar-refractivity contribution is 9.10. The van der Waals surface area contributed by atoms with Crippen molar-refractivity contribution in [3.8, 4) is 0 Å². The maximum Gasteiger partial charge on any atom is 0.211 e. The van der Waals surface area contributed by atoms with E-state index in [2.05, 4.69) is 26.2 Å². The van der Waals surface area contributed by atoms with Crippen LogP contribution in [0.4, 0.5) is 5.69 Å². The van der Waals surface area contributed by atoms with E-state index in [1.807, 2.05) is 30.3 Å². The summed E-state index contributed by atoms with van der Waals surface area (Å²) in [6.07, 6.45) is 5.40. The molecule has 1 aromatic heterocycles. The second kappa shape index (κ2) is 6.59. The third kappa shape index (κ3) is 3.91. The maximum atomic E-state index is 12.3. The summed E-state index contributed by atoms with van der Waals surface area (Å²) in [7, 11) is -3.32. The summed E-state index contributed by atoms with van der Waals surface area (Å²) in [5.74, 6) is 0. The minimum absolute atomic E-state index is 0.152. The van der Waals surface area contributed by atoms with Gasteiger partial charge in [-0.25, -0.2) is 8.42 Å². The minimum atomic E-state index is -3.32. The molecule has 1 N–H and O–H groups in total. The van der Waals surface area contributed by atoms with Crippen molar-refractivity contribution in [1.29, 1.82) is 0 Å². The standard InChI is InChI=1S/C16H18BrN3O2S/c1-23(21,22)20-11-13-8-14(17)4-5-16(13)19-10-15(20)7-12-3-2-6-18-9-12/h2-6,8-9,15,19H,7,10-11H2,1H3. The monoisotopic (exact) mass is 395 g/mol. The van der Waals surface area contributed by atoms with E-state index in [1.54, 1.807) is 16.7 Å². The first kappa shape index (κ1) is 16.4. The van der Waals surface area contributed by atoms with E-state index >= 15 is 0 Å². The lowest BCUT2D eigenvalue weighted by Gasteiger charge is -2.27. The van der Waals surface area contributed by atoms with E-state index in [0.717, 1.165) is 21.3 Å².